The van der Waals surface area contributed by atoms with Crippen molar-refractivity contribution in [3.05, 3.63) is 107 Å². The summed E-state index contributed by atoms with van der Waals surface area (Å²) >= 11 is 0. The molecule has 0 fully saturated rings. The number of aromatic nitrogens is 1. The molecule has 0 amide bonds. The smallest absolute Gasteiger partial charge is 0.185 e. The summed E-state index contributed by atoms with van der Waals surface area (Å²) in [6.45, 7) is 2.89. The second-order valence-corrected chi connectivity index (χ2v) is 7.14. The van der Waals surface area contributed by atoms with Gasteiger partial charge in [-0.05, 0) is 55.0 Å². The van der Waals surface area contributed by atoms with Crippen molar-refractivity contribution in [2.45, 2.75) is 13.5 Å². The Hall–Kier alpha value is -3.59. The van der Waals surface area contributed by atoms with Crippen LogP contribution >= 0.6 is 0 Å². The van der Waals surface area contributed by atoms with Gasteiger partial charge in [0.1, 0.15) is 5.75 Å². The molecular weight excluding hydrogens is 358 g/mol. The molecule has 3 aromatic carbocycles. The molecule has 0 aliphatic heterocycles. The van der Waals surface area contributed by atoms with E-state index in [0.717, 1.165) is 28.8 Å². The fourth-order valence-corrected chi connectivity index (χ4v) is 3.45. The minimum absolute atomic E-state index is 0.0250. The van der Waals surface area contributed by atoms with Crippen LogP contribution in [-0.4, -0.2) is 17.5 Å². The molecule has 144 valence electrons. The molecule has 3 nitrogen and oxygen atoms in total. The number of fused-ring (bicyclic) bond motifs is 1. The van der Waals surface area contributed by atoms with Gasteiger partial charge in [0, 0.05) is 34.8 Å². The Balaban J connectivity index is 1.62. The molecule has 0 atom stereocenters. The van der Waals surface area contributed by atoms with Gasteiger partial charge in [-0.15, -0.1) is 0 Å². The first-order chi connectivity index (χ1) is 14.1. The summed E-state index contributed by atoms with van der Waals surface area (Å²) in [5.74, 6) is 0.715. The largest absolute Gasteiger partial charge is 0.497 e. The van der Waals surface area contributed by atoms with Crippen molar-refractivity contribution in [2.24, 2.45) is 0 Å². The van der Waals surface area contributed by atoms with Gasteiger partial charge < -0.3 is 9.30 Å². The van der Waals surface area contributed by atoms with Crippen molar-refractivity contribution < 1.29 is 9.53 Å². The van der Waals surface area contributed by atoms with Crippen LogP contribution < -0.4 is 4.74 Å². The fourth-order valence-electron chi connectivity index (χ4n) is 3.45. The standard InChI is InChI=1S/C26H23NO2/c1-19-7-9-20(10-8-19)17-27-18-22(24-5-3-4-6-25(24)27)13-16-26(28)21-11-14-23(29-2)15-12-21/h3-16,18H,17H2,1-2H3/b16-13+. The molecule has 0 unspecified atom stereocenters. The molecule has 1 heterocycles. The second-order valence-electron chi connectivity index (χ2n) is 7.14. The summed E-state index contributed by atoms with van der Waals surface area (Å²) < 4.78 is 7.39. The monoisotopic (exact) mass is 381 g/mol. The number of ether oxygens (including phenoxy) is 1. The number of ketones is 1. The van der Waals surface area contributed by atoms with Crippen LogP contribution in [-0.2, 0) is 6.54 Å². The summed E-state index contributed by atoms with van der Waals surface area (Å²) in [4.78, 5) is 12.5. The number of carbonyl (C=O) groups excluding carboxylic acids is 1. The summed E-state index contributed by atoms with van der Waals surface area (Å²) in [5, 5.41) is 1.14. The number of allylic oxidation sites excluding steroid dienone is 1. The van der Waals surface area contributed by atoms with Crippen molar-refractivity contribution in [2.75, 3.05) is 7.11 Å². The molecule has 0 aliphatic rings. The van der Waals surface area contributed by atoms with Crippen LogP contribution in [0.2, 0.25) is 0 Å². The van der Waals surface area contributed by atoms with Crippen LogP contribution in [0.5, 0.6) is 5.75 Å². The normalized spacial score (nSPS) is 11.2. The van der Waals surface area contributed by atoms with Gasteiger partial charge in [0.25, 0.3) is 0 Å². The van der Waals surface area contributed by atoms with Crippen molar-refractivity contribution >= 4 is 22.8 Å². The van der Waals surface area contributed by atoms with E-state index in [1.807, 2.05) is 18.2 Å². The first kappa shape index (κ1) is 18.8. The zero-order valence-corrected chi connectivity index (χ0v) is 16.6. The molecule has 3 heteroatoms. The van der Waals surface area contributed by atoms with Crippen LogP contribution in [0.3, 0.4) is 0 Å². The second kappa shape index (κ2) is 8.19. The molecule has 0 N–H and O–H groups in total. The van der Waals surface area contributed by atoms with E-state index in [9.17, 15) is 4.79 Å². The highest BCUT2D eigenvalue weighted by Gasteiger charge is 2.08. The molecule has 4 aromatic rings. The lowest BCUT2D eigenvalue weighted by atomic mass is 10.1. The van der Waals surface area contributed by atoms with Gasteiger partial charge >= 0.3 is 0 Å². The topological polar surface area (TPSA) is 31.2 Å². The Kier molecular flexibility index (Phi) is 5.30. The van der Waals surface area contributed by atoms with Crippen molar-refractivity contribution in [3.63, 3.8) is 0 Å². The summed E-state index contributed by atoms with van der Waals surface area (Å²) in [5.41, 5.74) is 5.35. The zero-order valence-electron chi connectivity index (χ0n) is 16.6. The van der Waals surface area contributed by atoms with Gasteiger partial charge in [-0.1, -0.05) is 48.0 Å². The van der Waals surface area contributed by atoms with Gasteiger partial charge in [-0.2, -0.15) is 0 Å². The van der Waals surface area contributed by atoms with E-state index in [4.69, 9.17) is 4.74 Å². The molecule has 0 radical (unpaired) electrons. The average Bonchev–Trinajstić information content (AvgIpc) is 3.11. The number of rotatable bonds is 6. The van der Waals surface area contributed by atoms with E-state index in [2.05, 4.69) is 54.1 Å². The molecule has 0 bridgehead atoms. The fraction of sp³-hybridized carbons (Fsp3) is 0.115. The summed E-state index contributed by atoms with van der Waals surface area (Å²) in [6.07, 6.45) is 5.66. The predicted octanol–water partition coefficient (Wildman–Crippen LogP) is 5.90. The van der Waals surface area contributed by atoms with Gasteiger partial charge in [-0.3, -0.25) is 4.79 Å². The maximum absolute atomic E-state index is 12.5. The number of hydrogen-bond donors (Lipinski definition) is 0. The first-order valence-corrected chi connectivity index (χ1v) is 9.64. The third kappa shape index (κ3) is 4.14. The van der Waals surface area contributed by atoms with E-state index >= 15 is 0 Å². The molecular formula is C26H23NO2. The minimum atomic E-state index is -0.0250. The predicted molar refractivity (Wildman–Crippen MR) is 119 cm³/mol. The Bertz CT molecular complexity index is 1170. The Morgan fingerprint density at radius 1 is 0.966 bits per heavy atom. The van der Waals surface area contributed by atoms with Gasteiger partial charge in [0.2, 0.25) is 0 Å². The number of methoxy groups -OCH3 is 1. The summed E-state index contributed by atoms with van der Waals surface area (Å²) in [6, 6.07) is 24.0. The average molecular weight is 381 g/mol. The maximum atomic E-state index is 12.5. The molecule has 4 rings (SSSR count). The van der Waals surface area contributed by atoms with E-state index in [-0.39, 0.29) is 5.78 Å². The first-order valence-electron chi connectivity index (χ1n) is 9.64. The number of nitrogens with zero attached hydrogens (tertiary/aromatic N) is 1. The van der Waals surface area contributed by atoms with Crippen LogP contribution in [0.4, 0.5) is 0 Å². The lowest BCUT2D eigenvalue weighted by Crippen LogP contribution is -1.97. The van der Waals surface area contributed by atoms with Crippen LogP contribution in [0, 0.1) is 6.92 Å². The highest BCUT2D eigenvalue weighted by molar-refractivity contribution is 6.07. The molecule has 0 aliphatic carbocycles. The molecule has 0 saturated heterocycles. The van der Waals surface area contributed by atoms with Crippen LogP contribution in [0.15, 0.2) is 85.1 Å². The highest BCUT2D eigenvalue weighted by atomic mass is 16.5. The molecule has 1 aromatic heterocycles. The Labute approximate surface area is 170 Å². The molecule has 0 spiro atoms. The molecule has 29 heavy (non-hydrogen) atoms. The van der Waals surface area contributed by atoms with Gasteiger partial charge in [0.15, 0.2) is 5.78 Å². The number of hydrogen-bond acceptors (Lipinski definition) is 2. The Morgan fingerprint density at radius 3 is 2.41 bits per heavy atom. The van der Waals surface area contributed by atoms with E-state index < -0.39 is 0 Å². The molecule has 0 saturated carbocycles. The lowest BCUT2D eigenvalue weighted by molar-refractivity contribution is 0.104. The van der Waals surface area contributed by atoms with Crippen LogP contribution in [0.1, 0.15) is 27.0 Å². The minimum Gasteiger partial charge on any atom is -0.497 e. The number of para-hydroxylation sites is 1. The number of aryl methyl sites for hydroxylation is 1. The van der Waals surface area contributed by atoms with Crippen LogP contribution in [0.25, 0.3) is 17.0 Å². The SMILES string of the molecule is COc1ccc(C(=O)/C=C/c2cn(Cc3ccc(C)cc3)c3ccccc23)cc1. The Morgan fingerprint density at radius 2 is 1.69 bits per heavy atom. The van der Waals surface area contributed by atoms with Crippen molar-refractivity contribution in [3.8, 4) is 5.75 Å². The van der Waals surface area contributed by atoms with Crippen molar-refractivity contribution in [1.82, 2.24) is 4.57 Å². The maximum Gasteiger partial charge on any atom is 0.185 e. The third-order valence-corrected chi connectivity index (χ3v) is 5.08. The van der Waals surface area contributed by atoms with Gasteiger partial charge in [-0.25, -0.2) is 0 Å². The number of carbonyl (C=O) groups is 1. The zero-order chi connectivity index (χ0) is 20.2. The number of benzene rings is 3. The van der Waals surface area contributed by atoms with Gasteiger partial charge in [0.05, 0.1) is 7.11 Å². The lowest BCUT2D eigenvalue weighted by Gasteiger charge is -2.06. The third-order valence-electron chi connectivity index (χ3n) is 5.08. The van der Waals surface area contributed by atoms with E-state index in [0.29, 0.717) is 5.56 Å². The quantitative estimate of drug-likeness (QED) is 0.307. The van der Waals surface area contributed by atoms with Crippen molar-refractivity contribution in [1.29, 1.82) is 0 Å². The summed E-state index contributed by atoms with van der Waals surface area (Å²) in [7, 11) is 1.61. The van der Waals surface area contributed by atoms with E-state index in [1.54, 1.807) is 37.5 Å². The highest BCUT2D eigenvalue weighted by Crippen LogP contribution is 2.24. The van der Waals surface area contributed by atoms with E-state index in [1.165, 1.54) is 11.1 Å².